The first-order chi connectivity index (χ1) is 14.4. The summed E-state index contributed by atoms with van der Waals surface area (Å²) in [5.74, 6) is -0.641. The number of amides is 2. The van der Waals surface area contributed by atoms with Gasteiger partial charge in [-0.1, -0.05) is 11.6 Å². The zero-order chi connectivity index (χ0) is 21.4. The molecule has 2 amide bonds. The summed E-state index contributed by atoms with van der Waals surface area (Å²) in [5, 5.41) is 14.1. The predicted octanol–water partition coefficient (Wildman–Crippen LogP) is 3.71. The van der Waals surface area contributed by atoms with Crippen molar-refractivity contribution in [1.82, 2.24) is 29.7 Å². The Morgan fingerprint density at radius 1 is 1.13 bits per heavy atom. The minimum atomic E-state index is -0.521. The lowest BCUT2D eigenvalue weighted by Crippen LogP contribution is -2.26. The van der Waals surface area contributed by atoms with Gasteiger partial charge in [0, 0.05) is 23.8 Å². The van der Waals surface area contributed by atoms with Gasteiger partial charge in [-0.15, -0.1) is 0 Å². The van der Waals surface area contributed by atoms with Crippen LogP contribution in [0.3, 0.4) is 0 Å². The van der Waals surface area contributed by atoms with Crippen LogP contribution in [-0.4, -0.2) is 43.2 Å². The van der Waals surface area contributed by atoms with E-state index in [1.165, 1.54) is 22.3 Å². The molecule has 0 aliphatic heterocycles. The molecular formula is C18H12Br2ClN7O2. The third-order valence-electron chi connectivity index (χ3n) is 4.17. The van der Waals surface area contributed by atoms with Crippen LogP contribution in [0.2, 0.25) is 5.02 Å². The van der Waals surface area contributed by atoms with Gasteiger partial charge in [-0.2, -0.15) is 10.2 Å². The molecule has 0 unspecified atom stereocenters. The number of halogens is 3. The van der Waals surface area contributed by atoms with Gasteiger partial charge in [0.15, 0.2) is 11.5 Å². The lowest BCUT2D eigenvalue weighted by molar-refractivity contribution is 0.0956. The smallest absolute Gasteiger partial charge is 0.274 e. The Hall–Kier alpha value is -2.76. The first kappa shape index (κ1) is 20.5. The number of carbonyl (C=O) groups is 2. The van der Waals surface area contributed by atoms with E-state index in [0.717, 1.165) is 0 Å². The standard InChI is InChI=1S/C18H12Br2ClN7O2/c1-22-18(30)15-14(10(19)7-9-4-6-24-27(9)15)25-17(29)12-8-13(20)26-28(12)16-11(21)3-2-5-23-16/h2-8H,1H3,(H,22,30)(H,25,29). The molecule has 0 spiro atoms. The molecule has 0 aliphatic carbocycles. The van der Waals surface area contributed by atoms with Gasteiger partial charge in [0.25, 0.3) is 11.8 Å². The molecular weight excluding hydrogens is 542 g/mol. The van der Waals surface area contributed by atoms with Crippen LogP contribution < -0.4 is 10.6 Å². The maximum Gasteiger partial charge on any atom is 0.274 e. The zero-order valence-electron chi connectivity index (χ0n) is 15.2. The molecule has 152 valence electrons. The fraction of sp³-hybridized carbons (Fsp3) is 0.0556. The summed E-state index contributed by atoms with van der Waals surface area (Å²) < 4.78 is 3.70. The Bertz CT molecular complexity index is 1300. The third kappa shape index (κ3) is 3.59. The normalized spacial score (nSPS) is 10.9. The number of carbonyl (C=O) groups excluding carboxylic acids is 2. The molecule has 12 heteroatoms. The van der Waals surface area contributed by atoms with Gasteiger partial charge in [0.1, 0.15) is 10.3 Å². The average Bonchev–Trinajstić information content (AvgIpc) is 3.34. The van der Waals surface area contributed by atoms with E-state index < -0.39 is 11.8 Å². The Morgan fingerprint density at radius 2 is 1.93 bits per heavy atom. The Balaban J connectivity index is 1.81. The average molecular weight is 554 g/mol. The van der Waals surface area contributed by atoms with E-state index in [2.05, 4.69) is 57.7 Å². The lowest BCUT2D eigenvalue weighted by Gasteiger charge is -2.14. The summed E-state index contributed by atoms with van der Waals surface area (Å²) in [6.45, 7) is 0. The van der Waals surface area contributed by atoms with E-state index in [0.29, 0.717) is 25.4 Å². The number of hydrogen-bond donors (Lipinski definition) is 2. The van der Waals surface area contributed by atoms with Gasteiger partial charge in [0.05, 0.1) is 22.4 Å². The largest absolute Gasteiger partial charge is 0.354 e. The second-order valence-corrected chi connectivity index (χ2v) is 8.06. The molecule has 30 heavy (non-hydrogen) atoms. The number of nitrogens with zero attached hydrogens (tertiary/aromatic N) is 5. The molecule has 0 radical (unpaired) electrons. The van der Waals surface area contributed by atoms with E-state index in [1.807, 2.05) is 0 Å². The quantitative estimate of drug-likeness (QED) is 0.401. The van der Waals surface area contributed by atoms with Crippen molar-refractivity contribution in [3.8, 4) is 5.82 Å². The first-order valence-corrected chi connectivity index (χ1v) is 10.4. The van der Waals surface area contributed by atoms with E-state index in [1.54, 1.807) is 36.7 Å². The zero-order valence-corrected chi connectivity index (χ0v) is 19.2. The summed E-state index contributed by atoms with van der Waals surface area (Å²) in [5.41, 5.74) is 1.28. The van der Waals surface area contributed by atoms with Crippen molar-refractivity contribution in [2.24, 2.45) is 0 Å². The molecule has 0 bridgehead atoms. The predicted molar refractivity (Wildman–Crippen MR) is 118 cm³/mol. The van der Waals surface area contributed by atoms with Crippen molar-refractivity contribution in [1.29, 1.82) is 0 Å². The second kappa shape index (κ2) is 8.17. The van der Waals surface area contributed by atoms with Crippen LogP contribution >= 0.6 is 43.5 Å². The van der Waals surface area contributed by atoms with Crippen molar-refractivity contribution in [2.45, 2.75) is 0 Å². The molecule has 0 saturated carbocycles. The number of rotatable bonds is 4. The molecule has 0 atom stereocenters. The van der Waals surface area contributed by atoms with E-state index in [9.17, 15) is 9.59 Å². The van der Waals surface area contributed by atoms with Crippen LogP contribution in [0.15, 0.2) is 51.8 Å². The molecule has 0 aromatic carbocycles. The summed E-state index contributed by atoms with van der Waals surface area (Å²) in [6.07, 6.45) is 3.11. The van der Waals surface area contributed by atoms with Gasteiger partial charge in [-0.3, -0.25) is 9.59 Å². The van der Waals surface area contributed by atoms with Gasteiger partial charge < -0.3 is 10.6 Å². The molecule has 0 aliphatic rings. The van der Waals surface area contributed by atoms with Crippen LogP contribution in [0.1, 0.15) is 21.0 Å². The highest BCUT2D eigenvalue weighted by molar-refractivity contribution is 9.10. The van der Waals surface area contributed by atoms with Crippen molar-refractivity contribution < 1.29 is 9.59 Å². The number of aromatic nitrogens is 5. The van der Waals surface area contributed by atoms with E-state index in [4.69, 9.17) is 11.6 Å². The molecule has 2 N–H and O–H groups in total. The number of hydrogen-bond acceptors (Lipinski definition) is 5. The van der Waals surface area contributed by atoms with Crippen molar-refractivity contribution in [2.75, 3.05) is 12.4 Å². The maximum atomic E-state index is 13.2. The Labute approximate surface area is 191 Å². The second-order valence-electron chi connectivity index (χ2n) is 5.99. The van der Waals surface area contributed by atoms with Crippen LogP contribution in [-0.2, 0) is 0 Å². The number of nitrogens with one attached hydrogen (secondary N) is 2. The van der Waals surface area contributed by atoms with Crippen molar-refractivity contribution in [3.05, 3.63) is 68.2 Å². The molecule has 9 nitrogen and oxygen atoms in total. The van der Waals surface area contributed by atoms with Crippen molar-refractivity contribution >= 4 is 66.5 Å². The Kier molecular flexibility index (Phi) is 5.58. The van der Waals surface area contributed by atoms with Gasteiger partial charge >= 0.3 is 0 Å². The number of pyridine rings is 2. The van der Waals surface area contributed by atoms with E-state index >= 15 is 0 Å². The van der Waals surface area contributed by atoms with Crippen LogP contribution in [0.4, 0.5) is 5.69 Å². The highest BCUT2D eigenvalue weighted by Gasteiger charge is 2.24. The Morgan fingerprint density at radius 3 is 2.67 bits per heavy atom. The minimum absolute atomic E-state index is 0.165. The summed E-state index contributed by atoms with van der Waals surface area (Å²) >= 11 is 12.9. The summed E-state index contributed by atoms with van der Waals surface area (Å²) in [6, 6.07) is 8.35. The monoisotopic (exact) mass is 551 g/mol. The topological polar surface area (TPSA) is 106 Å². The molecule has 0 fully saturated rings. The summed E-state index contributed by atoms with van der Waals surface area (Å²) in [7, 11) is 1.50. The van der Waals surface area contributed by atoms with Crippen molar-refractivity contribution in [3.63, 3.8) is 0 Å². The first-order valence-electron chi connectivity index (χ1n) is 8.47. The van der Waals surface area contributed by atoms with Crippen LogP contribution in [0, 0.1) is 0 Å². The highest BCUT2D eigenvalue weighted by atomic mass is 79.9. The van der Waals surface area contributed by atoms with Gasteiger partial charge in [0.2, 0.25) is 0 Å². The molecule has 4 rings (SSSR count). The molecule has 4 aromatic rings. The highest BCUT2D eigenvalue weighted by Crippen LogP contribution is 2.30. The molecule has 0 saturated heterocycles. The fourth-order valence-electron chi connectivity index (χ4n) is 2.86. The van der Waals surface area contributed by atoms with E-state index in [-0.39, 0.29) is 17.1 Å². The molecule has 4 aromatic heterocycles. The number of fused-ring (bicyclic) bond motifs is 1. The number of anilines is 1. The van der Waals surface area contributed by atoms with Crippen LogP contribution in [0.5, 0.6) is 0 Å². The summed E-state index contributed by atoms with van der Waals surface area (Å²) in [4.78, 5) is 29.9. The fourth-order valence-corrected chi connectivity index (χ4v) is 3.96. The lowest BCUT2D eigenvalue weighted by atomic mass is 10.2. The minimum Gasteiger partial charge on any atom is -0.354 e. The SMILES string of the molecule is CNC(=O)c1c(NC(=O)c2cc(Br)nn2-c2ncccc2Cl)c(Br)cc2ccnn12. The third-order valence-corrected chi connectivity index (χ3v) is 5.47. The van der Waals surface area contributed by atoms with Gasteiger partial charge in [-0.05, 0) is 56.1 Å². The maximum absolute atomic E-state index is 13.2. The van der Waals surface area contributed by atoms with Crippen LogP contribution in [0.25, 0.3) is 11.3 Å². The van der Waals surface area contributed by atoms with Gasteiger partial charge in [-0.25, -0.2) is 14.2 Å². The molecule has 4 heterocycles.